The fourth-order valence-electron chi connectivity index (χ4n) is 2.92. The summed E-state index contributed by atoms with van der Waals surface area (Å²) in [6, 6.07) is 25.5. The highest BCUT2D eigenvalue weighted by molar-refractivity contribution is 5.80. The second kappa shape index (κ2) is 8.96. The van der Waals surface area contributed by atoms with Crippen LogP contribution in [0, 0.1) is 0 Å². The largest absolute Gasteiger partial charge is 0.457 e. The fourth-order valence-corrected chi connectivity index (χ4v) is 2.92. The van der Waals surface area contributed by atoms with Crippen molar-refractivity contribution < 1.29 is 4.74 Å². The van der Waals surface area contributed by atoms with Crippen LogP contribution in [-0.2, 0) is 6.42 Å². The topological polar surface area (TPSA) is 85.1 Å². The molecule has 0 radical (unpaired) electrons. The predicted octanol–water partition coefficient (Wildman–Crippen LogP) is 5.90. The van der Waals surface area contributed by atoms with Crippen LogP contribution in [0.2, 0.25) is 0 Å². The molecule has 0 unspecified atom stereocenters. The van der Waals surface area contributed by atoms with Crippen molar-refractivity contribution in [2.45, 2.75) is 13.3 Å². The van der Waals surface area contributed by atoms with Crippen LogP contribution in [0.1, 0.15) is 12.5 Å². The summed E-state index contributed by atoms with van der Waals surface area (Å²) in [6.45, 7) is 2.13. The smallest absolute Gasteiger partial charge is 0.159 e. The van der Waals surface area contributed by atoms with E-state index in [-0.39, 0.29) is 0 Å². The normalized spacial score (nSPS) is 10.4. The molecule has 0 spiro atoms. The van der Waals surface area contributed by atoms with Gasteiger partial charge >= 0.3 is 0 Å². The van der Waals surface area contributed by atoms with E-state index in [1.165, 1.54) is 11.9 Å². The Balaban J connectivity index is 1.46. The SMILES string of the molecule is CCc1ccc(Nc2ncnc(Nc3ccc(Oc4ccccc4)cc3)c2N)cc1. The molecule has 1 heterocycles. The van der Waals surface area contributed by atoms with Crippen LogP contribution in [0.15, 0.2) is 85.2 Å². The van der Waals surface area contributed by atoms with E-state index in [0.29, 0.717) is 17.3 Å². The molecule has 0 amide bonds. The van der Waals surface area contributed by atoms with Gasteiger partial charge in [-0.25, -0.2) is 9.97 Å². The number of para-hydroxylation sites is 1. The van der Waals surface area contributed by atoms with Crippen molar-refractivity contribution in [2.75, 3.05) is 16.4 Å². The van der Waals surface area contributed by atoms with Gasteiger partial charge in [0.15, 0.2) is 11.6 Å². The van der Waals surface area contributed by atoms with Gasteiger partial charge in [-0.3, -0.25) is 0 Å². The Kier molecular flexibility index (Phi) is 5.75. The Labute approximate surface area is 175 Å². The van der Waals surface area contributed by atoms with Crippen LogP contribution in [-0.4, -0.2) is 9.97 Å². The van der Waals surface area contributed by atoms with Gasteiger partial charge in [0.1, 0.15) is 23.5 Å². The summed E-state index contributed by atoms with van der Waals surface area (Å²) in [7, 11) is 0. The number of hydrogen-bond acceptors (Lipinski definition) is 6. The molecule has 4 aromatic rings. The predicted molar refractivity (Wildman–Crippen MR) is 122 cm³/mol. The lowest BCUT2D eigenvalue weighted by molar-refractivity contribution is 0.483. The number of nitrogen functional groups attached to an aromatic ring is 1. The summed E-state index contributed by atoms with van der Waals surface area (Å²) in [5.41, 5.74) is 9.78. The standard InChI is InChI=1S/C24H23N5O/c1-2-17-8-10-18(11-9-17)28-23-22(25)24(27-16-26-23)29-19-12-14-21(15-13-19)30-20-6-4-3-5-7-20/h3-16H,2,25H2,1H3,(H2,26,27,28,29). The number of nitrogens with zero attached hydrogens (tertiary/aromatic N) is 2. The third-order valence-electron chi connectivity index (χ3n) is 4.60. The van der Waals surface area contributed by atoms with Gasteiger partial charge < -0.3 is 21.1 Å². The summed E-state index contributed by atoms with van der Waals surface area (Å²) < 4.78 is 5.82. The summed E-state index contributed by atoms with van der Waals surface area (Å²) in [4.78, 5) is 8.55. The number of anilines is 5. The minimum Gasteiger partial charge on any atom is -0.457 e. The van der Waals surface area contributed by atoms with Gasteiger partial charge in [0.25, 0.3) is 0 Å². The second-order valence-electron chi connectivity index (χ2n) is 6.72. The van der Waals surface area contributed by atoms with Crippen molar-refractivity contribution in [2.24, 2.45) is 0 Å². The number of rotatable bonds is 7. The average Bonchev–Trinajstić information content (AvgIpc) is 2.79. The Hall–Kier alpha value is -4.06. The highest BCUT2D eigenvalue weighted by atomic mass is 16.5. The van der Waals surface area contributed by atoms with Crippen molar-refractivity contribution in [1.82, 2.24) is 9.97 Å². The van der Waals surface area contributed by atoms with Gasteiger partial charge in [-0.05, 0) is 60.5 Å². The molecule has 0 saturated carbocycles. The first-order valence-corrected chi connectivity index (χ1v) is 9.77. The molecule has 0 aliphatic carbocycles. The number of benzene rings is 3. The summed E-state index contributed by atoms with van der Waals surface area (Å²) in [5, 5.41) is 6.49. The second-order valence-corrected chi connectivity index (χ2v) is 6.72. The highest BCUT2D eigenvalue weighted by Gasteiger charge is 2.09. The van der Waals surface area contributed by atoms with Crippen LogP contribution in [0.4, 0.5) is 28.7 Å². The molecule has 0 fully saturated rings. The maximum Gasteiger partial charge on any atom is 0.159 e. The van der Waals surface area contributed by atoms with Gasteiger partial charge in [-0.2, -0.15) is 0 Å². The summed E-state index contributed by atoms with van der Waals surface area (Å²) in [6.07, 6.45) is 2.48. The molecule has 1 aromatic heterocycles. The van der Waals surface area contributed by atoms with E-state index in [2.05, 4.69) is 39.7 Å². The molecule has 0 saturated heterocycles. The number of ether oxygens (including phenoxy) is 1. The van der Waals surface area contributed by atoms with Crippen molar-refractivity contribution in [3.8, 4) is 11.5 Å². The van der Waals surface area contributed by atoms with E-state index in [9.17, 15) is 0 Å². The van der Waals surface area contributed by atoms with E-state index in [0.717, 1.165) is 29.3 Å². The van der Waals surface area contributed by atoms with Crippen LogP contribution in [0.5, 0.6) is 11.5 Å². The summed E-state index contributed by atoms with van der Waals surface area (Å²) >= 11 is 0. The lowest BCUT2D eigenvalue weighted by Crippen LogP contribution is -2.05. The molecule has 0 atom stereocenters. The zero-order valence-corrected chi connectivity index (χ0v) is 16.7. The van der Waals surface area contributed by atoms with Crippen LogP contribution in [0.3, 0.4) is 0 Å². The van der Waals surface area contributed by atoms with Gasteiger partial charge in [0.05, 0.1) is 0 Å². The summed E-state index contributed by atoms with van der Waals surface area (Å²) in [5.74, 6) is 2.64. The maximum atomic E-state index is 6.29. The lowest BCUT2D eigenvalue weighted by Gasteiger charge is -2.13. The van der Waals surface area contributed by atoms with Gasteiger partial charge in [0, 0.05) is 11.4 Å². The van der Waals surface area contributed by atoms with E-state index in [1.54, 1.807) is 0 Å². The van der Waals surface area contributed by atoms with E-state index in [4.69, 9.17) is 10.5 Å². The monoisotopic (exact) mass is 397 g/mol. The zero-order valence-electron chi connectivity index (χ0n) is 16.7. The first-order chi connectivity index (χ1) is 14.7. The van der Waals surface area contributed by atoms with Crippen molar-refractivity contribution in [3.63, 3.8) is 0 Å². The molecule has 0 aliphatic heterocycles. The minimum absolute atomic E-state index is 0.446. The minimum atomic E-state index is 0.446. The van der Waals surface area contributed by atoms with Gasteiger partial charge in [-0.15, -0.1) is 0 Å². The number of aromatic nitrogens is 2. The van der Waals surface area contributed by atoms with Crippen molar-refractivity contribution in [1.29, 1.82) is 0 Å². The van der Waals surface area contributed by atoms with Crippen LogP contribution in [0.25, 0.3) is 0 Å². The molecule has 0 bridgehead atoms. The molecule has 6 nitrogen and oxygen atoms in total. The van der Waals surface area contributed by atoms with Crippen molar-refractivity contribution in [3.05, 3.63) is 90.8 Å². The number of nitrogens with one attached hydrogen (secondary N) is 2. The molecular formula is C24H23N5O. The van der Waals surface area contributed by atoms with E-state index >= 15 is 0 Å². The molecule has 6 heteroatoms. The van der Waals surface area contributed by atoms with Crippen LogP contribution < -0.4 is 21.1 Å². The zero-order chi connectivity index (χ0) is 20.8. The molecule has 0 aliphatic rings. The Morgan fingerprint density at radius 3 is 1.83 bits per heavy atom. The molecule has 150 valence electrons. The number of hydrogen-bond donors (Lipinski definition) is 3. The molecule has 30 heavy (non-hydrogen) atoms. The lowest BCUT2D eigenvalue weighted by atomic mass is 10.1. The Morgan fingerprint density at radius 1 is 0.733 bits per heavy atom. The molecular weight excluding hydrogens is 374 g/mol. The molecule has 3 aromatic carbocycles. The molecule has 4 rings (SSSR count). The third kappa shape index (κ3) is 4.67. The number of aryl methyl sites for hydroxylation is 1. The first-order valence-electron chi connectivity index (χ1n) is 9.77. The Morgan fingerprint density at radius 2 is 1.27 bits per heavy atom. The first kappa shape index (κ1) is 19.3. The van der Waals surface area contributed by atoms with Crippen molar-refractivity contribution >= 4 is 28.7 Å². The fraction of sp³-hybridized carbons (Fsp3) is 0.0833. The quantitative estimate of drug-likeness (QED) is 0.360. The third-order valence-corrected chi connectivity index (χ3v) is 4.60. The van der Waals surface area contributed by atoms with Gasteiger partial charge in [-0.1, -0.05) is 37.3 Å². The number of nitrogens with two attached hydrogens (primary N) is 1. The highest BCUT2D eigenvalue weighted by Crippen LogP contribution is 2.29. The maximum absolute atomic E-state index is 6.29. The van der Waals surface area contributed by atoms with E-state index in [1.807, 2.05) is 66.7 Å². The molecule has 4 N–H and O–H groups in total. The van der Waals surface area contributed by atoms with Gasteiger partial charge in [0.2, 0.25) is 0 Å². The van der Waals surface area contributed by atoms with E-state index < -0.39 is 0 Å². The average molecular weight is 397 g/mol. The Bertz CT molecular complexity index is 1100. The van der Waals surface area contributed by atoms with Crippen LogP contribution >= 0.6 is 0 Å².